The lowest BCUT2D eigenvalue weighted by Crippen LogP contribution is -2.42. The van der Waals surface area contributed by atoms with Gasteiger partial charge in [0.05, 0.1) is 6.04 Å². The fourth-order valence-corrected chi connectivity index (χ4v) is 4.54. The minimum atomic E-state index is -0.846. The molecule has 0 saturated carbocycles. The highest BCUT2D eigenvalue weighted by molar-refractivity contribution is 6.07. The molecule has 2 aliphatic rings. The van der Waals surface area contributed by atoms with Crippen LogP contribution >= 0.6 is 0 Å². The van der Waals surface area contributed by atoms with Crippen molar-refractivity contribution in [1.82, 2.24) is 14.8 Å². The number of rotatable bonds is 4. The van der Waals surface area contributed by atoms with E-state index in [1.54, 1.807) is 31.4 Å². The highest BCUT2D eigenvalue weighted by Crippen LogP contribution is 2.54. The van der Waals surface area contributed by atoms with Crippen LogP contribution in [0.2, 0.25) is 0 Å². The maximum absolute atomic E-state index is 13.2. The zero-order valence-corrected chi connectivity index (χ0v) is 16.6. The number of nitrogens with zero attached hydrogens (tertiary/aromatic N) is 3. The standard InChI is InChI=1S/C22H24N4O3/c1-25(2)18(27)9-10-19(28)26-13-11-22(20(26)15-6-5-12-23-14-15)16-7-3-4-8-17(16)24-21(22)29/h3-8,12,14,20H,9-11,13H2,1-2H3,(H,24,29). The van der Waals surface area contributed by atoms with Crippen molar-refractivity contribution in [3.05, 3.63) is 59.9 Å². The highest BCUT2D eigenvalue weighted by atomic mass is 16.2. The molecular formula is C22H24N4O3. The van der Waals surface area contributed by atoms with Crippen LogP contribution in [0.4, 0.5) is 5.69 Å². The van der Waals surface area contributed by atoms with E-state index >= 15 is 0 Å². The van der Waals surface area contributed by atoms with Gasteiger partial charge in [0.2, 0.25) is 17.7 Å². The summed E-state index contributed by atoms with van der Waals surface area (Å²) in [6.07, 6.45) is 4.20. The van der Waals surface area contributed by atoms with E-state index in [-0.39, 0.29) is 30.6 Å². The number of fused-ring (bicyclic) bond motifs is 2. The van der Waals surface area contributed by atoms with Crippen LogP contribution in [0.3, 0.4) is 0 Å². The number of amides is 3. The molecule has 2 atom stereocenters. The van der Waals surface area contributed by atoms with Crippen molar-refractivity contribution < 1.29 is 14.4 Å². The Morgan fingerprint density at radius 3 is 2.72 bits per heavy atom. The van der Waals surface area contributed by atoms with Crippen molar-refractivity contribution >= 4 is 23.4 Å². The Bertz CT molecular complexity index is 960. The third-order valence-corrected chi connectivity index (χ3v) is 5.96. The van der Waals surface area contributed by atoms with Crippen LogP contribution in [0.15, 0.2) is 48.8 Å². The van der Waals surface area contributed by atoms with E-state index in [0.29, 0.717) is 13.0 Å². The zero-order chi connectivity index (χ0) is 20.6. The van der Waals surface area contributed by atoms with Gasteiger partial charge in [0.1, 0.15) is 5.41 Å². The molecule has 3 heterocycles. The first-order chi connectivity index (χ1) is 13.9. The SMILES string of the molecule is CN(C)C(=O)CCC(=O)N1CCC2(C(=O)Nc3ccccc32)C1c1cccnc1. The Kier molecular flexibility index (Phi) is 4.82. The molecule has 0 aliphatic carbocycles. The largest absolute Gasteiger partial charge is 0.349 e. The number of aromatic nitrogens is 1. The van der Waals surface area contributed by atoms with E-state index in [9.17, 15) is 14.4 Å². The van der Waals surface area contributed by atoms with Crippen LogP contribution in [-0.4, -0.2) is 53.1 Å². The molecule has 0 bridgehead atoms. The number of likely N-dealkylation sites (tertiary alicyclic amines) is 1. The summed E-state index contributed by atoms with van der Waals surface area (Å²) in [6, 6.07) is 10.9. The molecule has 1 spiro atoms. The summed E-state index contributed by atoms with van der Waals surface area (Å²) in [4.78, 5) is 45.8. The molecule has 150 valence electrons. The predicted octanol–water partition coefficient (Wildman–Crippen LogP) is 2.11. The van der Waals surface area contributed by atoms with Crippen molar-refractivity contribution in [2.45, 2.75) is 30.7 Å². The third-order valence-electron chi connectivity index (χ3n) is 5.96. The molecule has 2 unspecified atom stereocenters. The molecule has 29 heavy (non-hydrogen) atoms. The molecule has 7 nitrogen and oxygen atoms in total. The van der Waals surface area contributed by atoms with Crippen LogP contribution in [0, 0.1) is 0 Å². The first-order valence-corrected chi connectivity index (χ1v) is 9.75. The van der Waals surface area contributed by atoms with Crippen molar-refractivity contribution in [2.75, 3.05) is 26.0 Å². The lowest BCUT2D eigenvalue weighted by molar-refractivity contribution is -0.137. The van der Waals surface area contributed by atoms with Gasteiger partial charge in [0.15, 0.2) is 0 Å². The van der Waals surface area contributed by atoms with E-state index in [0.717, 1.165) is 16.8 Å². The third kappa shape index (κ3) is 3.06. The highest BCUT2D eigenvalue weighted by Gasteiger charge is 2.59. The number of pyridine rings is 1. The molecule has 3 amide bonds. The van der Waals surface area contributed by atoms with Crippen molar-refractivity contribution in [2.24, 2.45) is 0 Å². The number of carbonyl (C=O) groups is 3. The van der Waals surface area contributed by atoms with Crippen LogP contribution in [0.25, 0.3) is 0 Å². The van der Waals surface area contributed by atoms with Gasteiger partial charge in [-0.3, -0.25) is 19.4 Å². The number of carbonyl (C=O) groups excluding carboxylic acids is 3. The van der Waals surface area contributed by atoms with Crippen molar-refractivity contribution in [1.29, 1.82) is 0 Å². The second-order valence-corrected chi connectivity index (χ2v) is 7.79. The van der Waals surface area contributed by atoms with E-state index in [2.05, 4.69) is 10.3 Å². The van der Waals surface area contributed by atoms with E-state index in [4.69, 9.17) is 0 Å². The molecule has 1 N–H and O–H groups in total. The molecular weight excluding hydrogens is 368 g/mol. The molecule has 1 fully saturated rings. The molecule has 1 aromatic carbocycles. The fourth-order valence-electron chi connectivity index (χ4n) is 4.54. The smallest absolute Gasteiger partial charge is 0.237 e. The van der Waals surface area contributed by atoms with E-state index in [1.165, 1.54) is 4.90 Å². The van der Waals surface area contributed by atoms with Crippen molar-refractivity contribution in [3.8, 4) is 0 Å². The van der Waals surface area contributed by atoms with Gasteiger partial charge in [-0.25, -0.2) is 0 Å². The molecule has 4 rings (SSSR count). The summed E-state index contributed by atoms with van der Waals surface area (Å²) in [5, 5.41) is 3.00. The Morgan fingerprint density at radius 2 is 2.00 bits per heavy atom. The first-order valence-electron chi connectivity index (χ1n) is 9.75. The minimum Gasteiger partial charge on any atom is -0.349 e. The summed E-state index contributed by atoms with van der Waals surface area (Å²) < 4.78 is 0. The van der Waals surface area contributed by atoms with Gasteiger partial charge in [-0.05, 0) is 29.7 Å². The maximum atomic E-state index is 13.2. The van der Waals surface area contributed by atoms with Crippen LogP contribution in [-0.2, 0) is 19.8 Å². The molecule has 1 aromatic heterocycles. The van der Waals surface area contributed by atoms with Crippen LogP contribution < -0.4 is 5.32 Å². The number of hydrogen-bond acceptors (Lipinski definition) is 4. The molecule has 2 aliphatic heterocycles. The zero-order valence-electron chi connectivity index (χ0n) is 16.6. The number of nitrogens with one attached hydrogen (secondary N) is 1. The van der Waals surface area contributed by atoms with Gasteiger partial charge >= 0.3 is 0 Å². The summed E-state index contributed by atoms with van der Waals surface area (Å²) >= 11 is 0. The normalized spacial score (nSPS) is 22.5. The Labute approximate surface area is 169 Å². The summed E-state index contributed by atoms with van der Waals surface area (Å²) in [5.74, 6) is -0.301. The van der Waals surface area contributed by atoms with Gasteiger partial charge in [0, 0.05) is 51.6 Å². The average Bonchev–Trinajstić information content (AvgIpc) is 3.26. The Morgan fingerprint density at radius 1 is 1.21 bits per heavy atom. The number of hydrogen-bond donors (Lipinski definition) is 1. The summed E-state index contributed by atoms with van der Waals surface area (Å²) in [5.41, 5.74) is 1.69. The van der Waals surface area contributed by atoms with Crippen molar-refractivity contribution in [3.63, 3.8) is 0 Å². The number of para-hydroxylation sites is 1. The number of benzene rings is 1. The molecule has 0 radical (unpaired) electrons. The molecule has 1 saturated heterocycles. The predicted molar refractivity (Wildman–Crippen MR) is 108 cm³/mol. The second kappa shape index (κ2) is 7.31. The summed E-state index contributed by atoms with van der Waals surface area (Å²) in [7, 11) is 3.35. The Balaban J connectivity index is 1.72. The van der Waals surface area contributed by atoms with Crippen LogP contribution in [0.5, 0.6) is 0 Å². The van der Waals surface area contributed by atoms with Gasteiger partial charge in [-0.15, -0.1) is 0 Å². The first kappa shape index (κ1) is 19.1. The number of anilines is 1. The second-order valence-electron chi connectivity index (χ2n) is 7.79. The van der Waals surface area contributed by atoms with Crippen LogP contribution in [0.1, 0.15) is 36.4 Å². The van der Waals surface area contributed by atoms with Gasteiger partial charge in [-0.2, -0.15) is 0 Å². The van der Waals surface area contributed by atoms with Gasteiger partial charge in [0.25, 0.3) is 0 Å². The topological polar surface area (TPSA) is 82.6 Å². The van der Waals surface area contributed by atoms with E-state index < -0.39 is 11.5 Å². The molecule has 7 heteroatoms. The average molecular weight is 392 g/mol. The van der Waals surface area contributed by atoms with Gasteiger partial charge < -0.3 is 15.1 Å². The Hall–Kier alpha value is -3.22. The lowest BCUT2D eigenvalue weighted by atomic mass is 9.73. The van der Waals surface area contributed by atoms with Gasteiger partial charge in [-0.1, -0.05) is 24.3 Å². The lowest BCUT2D eigenvalue weighted by Gasteiger charge is -2.34. The quantitative estimate of drug-likeness (QED) is 0.864. The summed E-state index contributed by atoms with van der Waals surface area (Å²) in [6.45, 7) is 0.455. The monoisotopic (exact) mass is 392 g/mol. The fraction of sp³-hybridized carbons (Fsp3) is 0.364. The maximum Gasteiger partial charge on any atom is 0.237 e. The van der Waals surface area contributed by atoms with E-state index in [1.807, 2.05) is 36.4 Å². The molecule has 2 aromatic rings. The minimum absolute atomic E-state index is 0.0888.